The van der Waals surface area contributed by atoms with Crippen molar-refractivity contribution < 1.29 is 14.3 Å². The predicted octanol–water partition coefficient (Wildman–Crippen LogP) is 3.16. The number of carbonyl (C=O) groups is 1. The van der Waals surface area contributed by atoms with Crippen molar-refractivity contribution in [1.29, 1.82) is 0 Å². The lowest BCUT2D eigenvalue weighted by Crippen LogP contribution is -2.47. The lowest BCUT2D eigenvalue weighted by Gasteiger charge is -2.35. The van der Waals surface area contributed by atoms with Crippen LogP contribution in [0, 0.1) is 5.92 Å². The minimum atomic E-state index is 0.0690. The molecular weight excluding hydrogens is 316 g/mol. The van der Waals surface area contributed by atoms with Crippen molar-refractivity contribution >= 4 is 5.91 Å². The van der Waals surface area contributed by atoms with Crippen molar-refractivity contribution in [2.45, 2.75) is 31.3 Å². The molecule has 1 amide bonds. The predicted molar refractivity (Wildman–Crippen MR) is 93.8 cm³/mol. The molecule has 1 aliphatic heterocycles. The molecule has 130 valence electrons. The van der Waals surface area contributed by atoms with Crippen LogP contribution in [0.25, 0.3) is 0 Å². The van der Waals surface area contributed by atoms with Gasteiger partial charge in [-0.05, 0) is 49.4 Å². The van der Waals surface area contributed by atoms with Gasteiger partial charge in [-0.3, -0.25) is 9.78 Å². The van der Waals surface area contributed by atoms with Crippen LogP contribution in [0.2, 0.25) is 0 Å². The highest BCUT2D eigenvalue weighted by molar-refractivity contribution is 5.94. The normalized spacial score (nSPS) is 24.4. The van der Waals surface area contributed by atoms with E-state index < -0.39 is 0 Å². The first kappa shape index (κ1) is 15.9. The Bertz CT molecular complexity index is 750. The van der Waals surface area contributed by atoms with Crippen molar-refractivity contribution in [1.82, 2.24) is 9.88 Å². The molecule has 0 radical (unpaired) electrons. The summed E-state index contributed by atoms with van der Waals surface area (Å²) >= 11 is 0. The van der Waals surface area contributed by atoms with Gasteiger partial charge in [0.2, 0.25) is 0 Å². The molecule has 25 heavy (non-hydrogen) atoms. The number of benzene rings is 1. The summed E-state index contributed by atoms with van der Waals surface area (Å²) in [5.74, 6) is 2.14. The molecule has 1 aliphatic carbocycles. The van der Waals surface area contributed by atoms with E-state index >= 15 is 0 Å². The zero-order chi connectivity index (χ0) is 17.2. The second-order valence-corrected chi connectivity index (χ2v) is 6.74. The number of piperidine rings is 1. The molecule has 2 aromatic rings. The second-order valence-electron chi connectivity index (χ2n) is 6.74. The molecule has 5 heteroatoms. The van der Waals surface area contributed by atoms with E-state index in [1.54, 1.807) is 19.5 Å². The molecule has 1 saturated carbocycles. The van der Waals surface area contributed by atoms with Crippen LogP contribution in [-0.4, -0.2) is 41.6 Å². The van der Waals surface area contributed by atoms with Crippen LogP contribution in [0.4, 0.5) is 0 Å². The number of rotatable bonds is 5. The second kappa shape index (κ2) is 6.75. The van der Waals surface area contributed by atoms with Crippen molar-refractivity contribution in [2.75, 3.05) is 13.7 Å². The van der Waals surface area contributed by atoms with E-state index in [0.717, 1.165) is 24.3 Å². The van der Waals surface area contributed by atoms with E-state index in [1.807, 2.05) is 41.3 Å². The Labute approximate surface area is 147 Å². The fraction of sp³-hybridized carbons (Fsp3) is 0.400. The molecule has 4 rings (SSSR count). The first-order valence-corrected chi connectivity index (χ1v) is 8.76. The largest absolute Gasteiger partial charge is 0.497 e. The molecule has 2 fully saturated rings. The first-order chi connectivity index (χ1) is 12.3. The van der Waals surface area contributed by atoms with Crippen molar-refractivity contribution in [3.63, 3.8) is 0 Å². The molecule has 1 saturated heterocycles. The standard InChI is InChI=1S/C20H22N2O3/c1-24-17-5-2-6-18(11-17)25-13-19-14-7-8-16(10-14)22(19)20(23)15-4-3-9-21-12-15/h2-6,9,11-12,14,16,19H,7-8,10,13H2,1H3/t14-,16-,19-/m1/s1. The van der Waals surface area contributed by atoms with Gasteiger partial charge in [-0.15, -0.1) is 0 Å². The van der Waals surface area contributed by atoms with E-state index in [2.05, 4.69) is 4.98 Å². The van der Waals surface area contributed by atoms with Gasteiger partial charge in [0.1, 0.15) is 18.1 Å². The van der Waals surface area contributed by atoms with Crippen LogP contribution >= 0.6 is 0 Å². The molecule has 2 bridgehead atoms. The Balaban J connectivity index is 1.50. The van der Waals surface area contributed by atoms with Crippen LogP contribution in [0.1, 0.15) is 29.6 Å². The maximum absolute atomic E-state index is 13.0. The van der Waals surface area contributed by atoms with Gasteiger partial charge in [0.05, 0.1) is 18.7 Å². The Kier molecular flexibility index (Phi) is 4.30. The van der Waals surface area contributed by atoms with Crippen LogP contribution in [0.5, 0.6) is 11.5 Å². The highest BCUT2D eigenvalue weighted by Crippen LogP contribution is 2.43. The number of methoxy groups -OCH3 is 1. The smallest absolute Gasteiger partial charge is 0.256 e. The van der Waals surface area contributed by atoms with Crippen LogP contribution in [-0.2, 0) is 0 Å². The highest BCUT2D eigenvalue weighted by Gasteiger charge is 2.48. The van der Waals surface area contributed by atoms with Gasteiger partial charge in [0.25, 0.3) is 5.91 Å². The van der Waals surface area contributed by atoms with E-state index in [4.69, 9.17) is 9.47 Å². The van der Waals surface area contributed by atoms with Gasteiger partial charge in [0, 0.05) is 24.5 Å². The molecule has 3 atom stereocenters. The van der Waals surface area contributed by atoms with Crippen molar-refractivity contribution in [3.8, 4) is 11.5 Å². The summed E-state index contributed by atoms with van der Waals surface area (Å²) in [6.45, 7) is 0.514. The van der Waals surface area contributed by atoms with Gasteiger partial charge >= 0.3 is 0 Å². The van der Waals surface area contributed by atoms with Gasteiger partial charge in [-0.25, -0.2) is 0 Å². The molecule has 0 N–H and O–H groups in total. The molecule has 1 aromatic heterocycles. The number of ether oxygens (including phenoxy) is 2. The van der Waals surface area contributed by atoms with Crippen molar-refractivity contribution in [2.24, 2.45) is 5.92 Å². The maximum Gasteiger partial charge on any atom is 0.256 e. The number of carbonyl (C=O) groups excluding carboxylic acids is 1. The lowest BCUT2D eigenvalue weighted by molar-refractivity contribution is 0.0505. The first-order valence-electron chi connectivity index (χ1n) is 8.76. The molecule has 1 aromatic carbocycles. The van der Waals surface area contributed by atoms with Gasteiger partial charge in [-0.1, -0.05) is 6.07 Å². The summed E-state index contributed by atoms with van der Waals surface area (Å²) in [5, 5.41) is 0. The zero-order valence-corrected chi connectivity index (χ0v) is 14.3. The number of hydrogen-bond acceptors (Lipinski definition) is 4. The van der Waals surface area contributed by atoms with Crippen LogP contribution < -0.4 is 9.47 Å². The molecule has 0 unspecified atom stereocenters. The summed E-state index contributed by atoms with van der Waals surface area (Å²) in [6.07, 6.45) is 6.68. The third-order valence-electron chi connectivity index (χ3n) is 5.35. The summed E-state index contributed by atoms with van der Waals surface area (Å²) in [7, 11) is 1.64. The highest BCUT2D eigenvalue weighted by atomic mass is 16.5. The quantitative estimate of drug-likeness (QED) is 0.840. The fourth-order valence-electron chi connectivity index (χ4n) is 4.14. The van der Waals surface area contributed by atoms with E-state index in [9.17, 15) is 4.79 Å². The van der Waals surface area contributed by atoms with E-state index in [1.165, 1.54) is 6.42 Å². The number of fused-ring (bicyclic) bond motifs is 2. The molecule has 0 spiro atoms. The average molecular weight is 338 g/mol. The summed E-state index contributed by atoms with van der Waals surface area (Å²) in [4.78, 5) is 19.1. The maximum atomic E-state index is 13.0. The van der Waals surface area contributed by atoms with Gasteiger partial charge in [0.15, 0.2) is 0 Å². The molecular formula is C20H22N2O3. The third-order valence-corrected chi connectivity index (χ3v) is 5.35. The van der Waals surface area contributed by atoms with Crippen LogP contribution in [0.15, 0.2) is 48.8 Å². The SMILES string of the molecule is COc1cccc(OC[C@@H]2[C@@H]3CC[C@H](C3)N2C(=O)c2cccnc2)c1. The zero-order valence-electron chi connectivity index (χ0n) is 14.3. The summed E-state index contributed by atoms with van der Waals surface area (Å²) in [6, 6.07) is 11.7. The van der Waals surface area contributed by atoms with E-state index in [-0.39, 0.29) is 11.9 Å². The Morgan fingerprint density at radius 2 is 2.12 bits per heavy atom. The monoisotopic (exact) mass is 338 g/mol. The summed E-state index contributed by atoms with van der Waals surface area (Å²) in [5.41, 5.74) is 0.654. The Hall–Kier alpha value is -2.56. The lowest BCUT2D eigenvalue weighted by atomic mass is 9.99. The Morgan fingerprint density at radius 3 is 2.92 bits per heavy atom. The molecule has 2 heterocycles. The molecule has 5 nitrogen and oxygen atoms in total. The topological polar surface area (TPSA) is 51.7 Å². The third kappa shape index (κ3) is 3.06. The number of aromatic nitrogens is 1. The fourth-order valence-corrected chi connectivity index (χ4v) is 4.14. The number of hydrogen-bond donors (Lipinski definition) is 0. The summed E-state index contributed by atoms with van der Waals surface area (Å²) < 4.78 is 11.3. The van der Waals surface area contributed by atoms with Gasteiger partial charge in [-0.2, -0.15) is 0 Å². The number of nitrogens with zero attached hydrogens (tertiary/aromatic N) is 2. The number of likely N-dealkylation sites (tertiary alicyclic amines) is 1. The number of pyridine rings is 1. The molecule has 2 aliphatic rings. The number of amides is 1. The van der Waals surface area contributed by atoms with Crippen molar-refractivity contribution in [3.05, 3.63) is 54.4 Å². The van der Waals surface area contributed by atoms with Gasteiger partial charge < -0.3 is 14.4 Å². The average Bonchev–Trinajstić information content (AvgIpc) is 3.28. The minimum Gasteiger partial charge on any atom is -0.497 e. The Morgan fingerprint density at radius 1 is 1.24 bits per heavy atom. The minimum absolute atomic E-state index is 0.0690. The van der Waals surface area contributed by atoms with Crippen LogP contribution in [0.3, 0.4) is 0 Å². The van der Waals surface area contributed by atoms with E-state index in [0.29, 0.717) is 24.1 Å².